The van der Waals surface area contributed by atoms with Crippen LogP contribution in [0.1, 0.15) is 64.2 Å². The molecule has 1 amide bonds. The number of thiophene rings is 1. The summed E-state index contributed by atoms with van der Waals surface area (Å²) in [4.78, 5) is 33.9. The largest absolute Gasteiger partial charge is 0.354 e. The van der Waals surface area contributed by atoms with Crippen LogP contribution in [0.3, 0.4) is 0 Å². The molecule has 0 unspecified atom stereocenters. The Labute approximate surface area is 224 Å². The highest BCUT2D eigenvalue weighted by Gasteiger charge is 2.36. The Morgan fingerprint density at radius 1 is 1.22 bits per heavy atom. The molecule has 2 aliphatic rings. The molecule has 0 aliphatic carbocycles. The second kappa shape index (κ2) is 11.9. The molecule has 9 nitrogen and oxygen atoms in total. The van der Waals surface area contributed by atoms with Crippen LogP contribution in [0.5, 0.6) is 0 Å². The SMILES string of the molecule is CC[C@H]1CCCCN1CCCNC(=O)Cn1cnc2sc(C)c(S(=O)(=O)N3C[C@H](C)C[C@H](C)C3)c2c1=O. The number of aromatic nitrogens is 2. The molecule has 2 saturated heterocycles. The van der Waals surface area contributed by atoms with E-state index in [1.165, 1.54) is 45.8 Å². The normalized spacial score (nSPS) is 23.9. The summed E-state index contributed by atoms with van der Waals surface area (Å²) in [5.41, 5.74) is -0.486. The average molecular weight is 552 g/mol. The van der Waals surface area contributed by atoms with Crippen LogP contribution < -0.4 is 10.9 Å². The number of likely N-dealkylation sites (tertiary alicyclic amines) is 1. The zero-order valence-electron chi connectivity index (χ0n) is 22.5. The van der Waals surface area contributed by atoms with Crippen LogP contribution in [0.25, 0.3) is 10.2 Å². The third-order valence-electron chi connectivity index (χ3n) is 7.71. The predicted octanol–water partition coefficient (Wildman–Crippen LogP) is 3.20. The Kier molecular flexibility index (Phi) is 9.09. The summed E-state index contributed by atoms with van der Waals surface area (Å²) in [6.45, 7) is 11.4. The number of aryl methyl sites for hydroxylation is 1. The van der Waals surface area contributed by atoms with E-state index >= 15 is 0 Å². The van der Waals surface area contributed by atoms with Crippen LogP contribution in [0.4, 0.5) is 0 Å². The molecular formula is C26H41N5O4S2. The summed E-state index contributed by atoms with van der Waals surface area (Å²) in [5, 5.41) is 3.01. The molecular weight excluding hydrogens is 510 g/mol. The Hall–Kier alpha value is -1.82. The van der Waals surface area contributed by atoms with Crippen LogP contribution in [-0.4, -0.2) is 71.8 Å². The first kappa shape index (κ1) is 28.2. The highest BCUT2D eigenvalue weighted by molar-refractivity contribution is 7.89. The molecule has 0 saturated carbocycles. The van der Waals surface area contributed by atoms with Gasteiger partial charge in [0.05, 0.1) is 11.7 Å². The Balaban J connectivity index is 1.46. The summed E-state index contributed by atoms with van der Waals surface area (Å²) in [6.07, 6.45) is 8.11. The van der Waals surface area contributed by atoms with Gasteiger partial charge in [-0.2, -0.15) is 4.31 Å². The third kappa shape index (κ3) is 6.26. The molecule has 3 atom stereocenters. The number of sulfonamides is 1. The molecule has 4 rings (SSSR count). The van der Waals surface area contributed by atoms with E-state index < -0.39 is 15.6 Å². The number of carbonyl (C=O) groups excluding carboxylic acids is 1. The van der Waals surface area contributed by atoms with Crippen molar-refractivity contribution < 1.29 is 13.2 Å². The van der Waals surface area contributed by atoms with E-state index in [1.54, 1.807) is 6.92 Å². The molecule has 1 N–H and O–H groups in total. The molecule has 37 heavy (non-hydrogen) atoms. The number of hydrogen-bond acceptors (Lipinski definition) is 7. The van der Waals surface area contributed by atoms with E-state index in [0.717, 1.165) is 32.4 Å². The zero-order chi connectivity index (χ0) is 26.7. The van der Waals surface area contributed by atoms with E-state index in [9.17, 15) is 18.0 Å². The van der Waals surface area contributed by atoms with Crippen LogP contribution in [0, 0.1) is 18.8 Å². The number of carbonyl (C=O) groups is 1. The molecule has 2 fully saturated rings. The number of nitrogens with zero attached hydrogens (tertiary/aromatic N) is 4. The topological polar surface area (TPSA) is 105 Å². The van der Waals surface area contributed by atoms with E-state index in [1.807, 2.05) is 0 Å². The predicted molar refractivity (Wildman–Crippen MR) is 147 cm³/mol. The number of amides is 1. The van der Waals surface area contributed by atoms with Gasteiger partial charge in [0.2, 0.25) is 15.9 Å². The standard InChI is InChI=1S/C26H41N5O4S2/c1-5-21-9-6-7-11-29(21)12-8-10-27-22(32)16-30-17-28-25-23(26(30)33)24(20(4)36-25)37(34,35)31-14-18(2)13-19(3)15-31/h17-19,21H,5-16H2,1-4H3,(H,27,32)/t18-,19+,21-/m0/s1. The summed E-state index contributed by atoms with van der Waals surface area (Å²) in [7, 11) is -3.86. The number of nitrogens with one attached hydrogen (secondary N) is 1. The maximum Gasteiger partial charge on any atom is 0.263 e. The lowest BCUT2D eigenvalue weighted by Gasteiger charge is -2.35. The molecule has 11 heteroatoms. The minimum Gasteiger partial charge on any atom is -0.354 e. The maximum absolute atomic E-state index is 13.7. The van der Waals surface area contributed by atoms with E-state index in [2.05, 4.69) is 36.0 Å². The number of fused-ring (bicyclic) bond motifs is 1. The smallest absolute Gasteiger partial charge is 0.263 e. The molecule has 206 valence electrons. The van der Waals surface area contributed by atoms with Crippen LogP contribution in [0.15, 0.2) is 16.0 Å². The van der Waals surface area contributed by atoms with Gasteiger partial charge < -0.3 is 10.2 Å². The van der Waals surface area contributed by atoms with Crippen LogP contribution >= 0.6 is 11.3 Å². The minimum absolute atomic E-state index is 0.0491. The molecule has 0 radical (unpaired) electrons. The van der Waals surface area contributed by atoms with Gasteiger partial charge in [0.15, 0.2) is 0 Å². The van der Waals surface area contributed by atoms with Crippen molar-refractivity contribution in [2.45, 2.75) is 83.7 Å². The van der Waals surface area contributed by atoms with Gasteiger partial charge in [-0.3, -0.25) is 14.2 Å². The molecule has 0 spiro atoms. The minimum atomic E-state index is -3.86. The monoisotopic (exact) mass is 551 g/mol. The molecule has 2 aromatic heterocycles. The first-order valence-corrected chi connectivity index (χ1v) is 15.9. The zero-order valence-corrected chi connectivity index (χ0v) is 24.2. The van der Waals surface area contributed by atoms with Crippen molar-refractivity contribution >= 4 is 37.5 Å². The molecule has 2 aromatic rings. The number of rotatable bonds is 9. The van der Waals surface area contributed by atoms with Gasteiger partial charge >= 0.3 is 0 Å². The first-order valence-electron chi connectivity index (χ1n) is 13.6. The second-order valence-electron chi connectivity index (χ2n) is 10.9. The average Bonchev–Trinajstić information content (AvgIpc) is 3.20. The fraction of sp³-hybridized carbons (Fsp3) is 0.731. The lowest BCUT2D eigenvalue weighted by atomic mass is 9.94. The van der Waals surface area contributed by atoms with E-state index in [4.69, 9.17) is 0 Å². The van der Waals surface area contributed by atoms with Crippen molar-refractivity contribution in [2.24, 2.45) is 11.8 Å². The van der Waals surface area contributed by atoms with Crippen molar-refractivity contribution in [3.05, 3.63) is 21.6 Å². The lowest BCUT2D eigenvalue weighted by molar-refractivity contribution is -0.121. The van der Waals surface area contributed by atoms with Crippen LogP contribution in [0.2, 0.25) is 0 Å². The summed E-state index contributed by atoms with van der Waals surface area (Å²) < 4.78 is 30.1. The fourth-order valence-corrected chi connectivity index (χ4v) is 9.35. The van der Waals surface area contributed by atoms with Gasteiger partial charge in [0, 0.05) is 37.1 Å². The van der Waals surface area contributed by atoms with Gasteiger partial charge in [-0.1, -0.05) is 27.2 Å². The van der Waals surface area contributed by atoms with E-state index in [-0.39, 0.29) is 34.6 Å². The van der Waals surface area contributed by atoms with Crippen molar-refractivity contribution in [3.63, 3.8) is 0 Å². The highest BCUT2D eigenvalue weighted by Crippen LogP contribution is 2.35. The van der Waals surface area contributed by atoms with Gasteiger partial charge in [-0.05, 0) is 57.4 Å². The highest BCUT2D eigenvalue weighted by atomic mass is 32.2. The van der Waals surface area contributed by atoms with Gasteiger partial charge in [0.1, 0.15) is 16.3 Å². The fourth-order valence-electron chi connectivity index (χ4n) is 6.00. The van der Waals surface area contributed by atoms with Gasteiger partial charge in [-0.25, -0.2) is 13.4 Å². The van der Waals surface area contributed by atoms with Crippen molar-refractivity contribution in [1.29, 1.82) is 0 Å². The Morgan fingerprint density at radius 3 is 2.65 bits per heavy atom. The summed E-state index contributed by atoms with van der Waals surface area (Å²) in [5.74, 6) is 0.235. The second-order valence-corrected chi connectivity index (χ2v) is 14.0. The molecule has 0 bridgehead atoms. The van der Waals surface area contributed by atoms with Crippen molar-refractivity contribution in [2.75, 3.05) is 32.7 Å². The van der Waals surface area contributed by atoms with Gasteiger partial charge in [-0.15, -0.1) is 11.3 Å². The molecule has 2 aliphatic heterocycles. The quantitative estimate of drug-likeness (QED) is 0.480. The lowest BCUT2D eigenvalue weighted by Crippen LogP contribution is -2.43. The molecule has 4 heterocycles. The van der Waals surface area contributed by atoms with Gasteiger partial charge in [0.25, 0.3) is 5.56 Å². The van der Waals surface area contributed by atoms with Crippen molar-refractivity contribution in [1.82, 2.24) is 24.1 Å². The van der Waals surface area contributed by atoms with Crippen LogP contribution in [-0.2, 0) is 21.4 Å². The summed E-state index contributed by atoms with van der Waals surface area (Å²) in [6, 6.07) is 0.636. The first-order chi connectivity index (χ1) is 17.6. The van der Waals surface area contributed by atoms with E-state index in [0.29, 0.717) is 35.4 Å². The third-order valence-corrected chi connectivity index (χ3v) is 10.9. The van der Waals surface area contributed by atoms with Crippen molar-refractivity contribution in [3.8, 4) is 0 Å². The maximum atomic E-state index is 13.7. The molecule has 0 aromatic carbocycles. The number of piperidine rings is 2. The number of hydrogen-bond donors (Lipinski definition) is 1. The Bertz CT molecular complexity index is 1260. The Morgan fingerprint density at radius 2 is 1.95 bits per heavy atom. The summed E-state index contributed by atoms with van der Waals surface area (Å²) >= 11 is 1.21.